The molecule has 9 heteroatoms. The van der Waals surface area contributed by atoms with Crippen molar-refractivity contribution in [2.45, 2.75) is 27.7 Å². The topological polar surface area (TPSA) is 107 Å². The molecule has 0 fully saturated rings. The molecule has 0 N–H and O–H groups in total. The predicted molar refractivity (Wildman–Crippen MR) is 102 cm³/mol. The first-order valence-corrected chi connectivity index (χ1v) is 8.89. The molecule has 0 aromatic heterocycles. The summed E-state index contributed by atoms with van der Waals surface area (Å²) in [5.41, 5.74) is 4.08. The zero-order valence-electron chi connectivity index (χ0n) is 17.1. The van der Waals surface area contributed by atoms with E-state index in [1.807, 2.05) is 26.0 Å². The van der Waals surface area contributed by atoms with Crippen molar-refractivity contribution in [2.24, 2.45) is 0 Å². The number of hydrogen-bond acceptors (Lipinski definition) is 9. The van der Waals surface area contributed by atoms with E-state index in [2.05, 4.69) is 29.0 Å². The molecule has 0 saturated heterocycles. The summed E-state index contributed by atoms with van der Waals surface area (Å²) in [5.74, 6) is -1.46. The molecular formula is C21H22O9. The van der Waals surface area contributed by atoms with E-state index in [0.29, 0.717) is 11.1 Å². The molecule has 0 atom stereocenters. The zero-order chi connectivity index (χ0) is 22.1. The molecule has 0 aliphatic rings. The van der Waals surface area contributed by atoms with Crippen LogP contribution in [0.4, 0.5) is 4.79 Å². The minimum absolute atomic E-state index is 0.321. The SMILES string of the molecule is Cc1ccc(C(=O)OOCOC(=O)OCOOC(=O)c2ccc(C)cc2C)c(C)c1. The number of aryl methyl sites for hydroxylation is 4. The molecule has 0 aliphatic heterocycles. The summed E-state index contributed by atoms with van der Waals surface area (Å²) in [7, 11) is 0. The van der Waals surface area contributed by atoms with Crippen LogP contribution in [0, 0.1) is 27.7 Å². The molecule has 0 heterocycles. The van der Waals surface area contributed by atoms with Gasteiger partial charge in [-0.3, -0.25) is 9.78 Å². The number of rotatable bonds is 8. The standard InChI is InChI=1S/C21H22O9/c1-13-5-7-17(15(3)9-13)19(22)29-27-11-25-21(24)26-12-28-30-20(23)18-8-6-14(2)10-16(18)4/h5-10H,11-12H2,1-4H3. The Kier molecular flexibility index (Phi) is 8.33. The van der Waals surface area contributed by atoms with Gasteiger partial charge in [-0.25, -0.2) is 14.4 Å². The lowest BCUT2D eigenvalue weighted by Crippen LogP contribution is -2.16. The van der Waals surface area contributed by atoms with Gasteiger partial charge in [-0.1, -0.05) is 35.4 Å². The van der Waals surface area contributed by atoms with Crippen LogP contribution < -0.4 is 0 Å². The van der Waals surface area contributed by atoms with Gasteiger partial charge < -0.3 is 9.47 Å². The maximum Gasteiger partial charge on any atom is 0.512 e. The fourth-order valence-electron chi connectivity index (χ4n) is 2.52. The molecule has 2 rings (SSSR count). The number of carbonyl (C=O) groups is 3. The van der Waals surface area contributed by atoms with Crippen molar-refractivity contribution in [2.75, 3.05) is 13.6 Å². The highest BCUT2D eigenvalue weighted by molar-refractivity contribution is 5.91. The van der Waals surface area contributed by atoms with Gasteiger partial charge in [-0.2, -0.15) is 0 Å². The minimum Gasteiger partial charge on any atom is -0.403 e. The zero-order valence-corrected chi connectivity index (χ0v) is 17.1. The molecule has 2 aromatic rings. The lowest BCUT2D eigenvalue weighted by Gasteiger charge is -2.08. The van der Waals surface area contributed by atoms with Gasteiger partial charge in [0.2, 0.25) is 13.6 Å². The first-order chi connectivity index (χ1) is 14.3. The molecule has 160 valence electrons. The maximum atomic E-state index is 11.9. The van der Waals surface area contributed by atoms with E-state index < -0.39 is 31.7 Å². The Bertz CT molecular complexity index is 847. The highest BCUT2D eigenvalue weighted by Crippen LogP contribution is 2.13. The molecule has 30 heavy (non-hydrogen) atoms. The molecular weight excluding hydrogens is 396 g/mol. The Morgan fingerprint density at radius 1 is 0.667 bits per heavy atom. The van der Waals surface area contributed by atoms with E-state index in [1.165, 1.54) is 0 Å². The number of carbonyl (C=O) groups excluding carboxylic acids is 3. The Balaban J connectivity index is 1.61. The van der Waals surface area contributed by atoms with Crippen LogP contribution in [0.5, 0.6) is 0 Å². The number of benzene rings is 2. The molecule has 0 saturated carbocycles. The van der Waals surface area contributed by atoms with E-state index in [4.69, 9.17) is 0 Å². The van der Waals surface area contributed by atoms with E-state index in [0.717, 1.165) is 22.3 Å². The molecule has 0 spiro atoms. The normalized spacial score (nSPS) is 10.3. The monoisotopic (exact) mass is 418 g/mol. The van der Waals surface area contributed by atoms with Gasteiger partial charge in [0.05, 0.1) is 11.1 Å². The molecule has 0 radical (unpaired) electrons. The van der Waals surface area contributed by atoms with Crippen molar-refractivity contribution in [1.29, 1.82) is 0 Å². The summed E-state index contributed by atoms with van der Waals surface area (Å²) in [6.07, 6.45) is -1.18. The Morgan fingerprint density at radius 3 is 1.43 bits per heavy atom. The summed E-state index contributed by atoms with van der Waals surface area (Å²) >= 11 is 0. The van der Waals surface area contributed by atoms with Crippen molar-refractivity contribution in [3.05, 3.63) is 69.8 Å². The van der Waals surface area contributed by atoms with Crippen LogP contribution in [-0.2, 0) is 29.0 Å². The summed E-state index contributed by atoms with van der Waals surface area (Å²) < 4.78 is 9.04. The van der Waals surface area contributed by atoms with Crippen LogP contribution >= 0.6 is 0 Å². The summed E-state index contributed by atoms with van der Waals surface area (Å²) in [6, 6.07) is 10.3. The first-order valence-electron chi connectivity index (χ1n) is 8.89. The van der Waals surface area contributed by atoms with Crippen LogP contribution in [0.25, 0.3) is 0 Å². The second-order valence-electron chi connectivity index (χ2n) is 6.39. The van der Waals surface area contributed by atoms with Crippen molar-refractivity contribution >= 4 is 18.1 Å². The van der Waals surface area contributed by atoms with Gasteiger partial charge in [-0.05, 0) is 51.0 Å². The van der Waals surface area contributed by atoms with Crippen molar-refractivity contribution in [3.8, 4) is 0 Å². The highest BCUT2D eigenvalue weighted by Gasteiger charge is 2.14. The summed E-state index contributed by atoms with van der Waals surface area (Å²) in [6.45, 7) is 5.91. The van der Waals surface area contributed by atoms with Crippen LogP contribution in [-0.4, -0.2) is 31.7 Å². The average molecular weight is 418 g/mol. The molecule has 0 amide bonds. The van der Waals surface area contributed by atoms with Crippen LogP contribution in [0.1, 0.15) is 43.0 Å². The number of ether oxygens (including phenoxy) is 2. The van der Waals surface area contributed by atoms with Gasteiger partial charge in [0.25, 0.3) is 0 Å². The van der Waals surface area contributed by atoms with Gasteiger partial charge in [0.1, 0.15) is 0 Å². The minimum atomic E-state index is -1.18. The Morgan fingerprint density at radius 2 is 1.07 bits per heavy atom. The van der Waals surface area contributed by atoms with Gasteiger partial charge in [-0.15, -0.1) is 9.78 Å². The van der Waals surface area contributed by atoms with Crippen molar-refractivity contribution in [3.63, 3.8) is 0 Å². The molecule has 2 aromatic carbocycles. The van der Waals surface area contributed by atoms with E-state index in [9.17, 15) is 14.4 Å². The second kappa shape index (κ2) is 10.9. The van der Waals surface area contributed by atoms with E-state index in [-0.39, 0.29) is 0 Å². The lowest BCUT2D eigenvalue weighted by atomic mass is 10.1. The predicted octanol–water partition coefficient (Wildman–Crippen LogP) is 3.87. The smallest absolute Gasteiger partial charge is 0.403 e. The van der Waals surface area contributed by atoms with Gasteiger partial charge in [0, 0.05) is 0 Å². The third-order valence-electron chi connectivity index (χ3n) is 3.92. The average Bonchev–Trinajstić information content (AvgIpc) is 2.68. The molecule has 0 aliphatic carbocycles. The molecule has 0 unspecified atom stereocenters. The van der Waals surface area contributed by atoms with Crippen LogP contribution in [0.3, 0.4) is 0 Å². The van der Waals surface area contributed by atoms with Crippen LogP contribution in [0.2, 0.25) is 0 Å². The quantitative estimate of drug-likeness (QED) is 0.208. The van der Waals surface area contributed by atoms with Crippen LogP contribution in [0.15, 0.2) is 36.4 Å². The Hall–Kier alpha value is -3.43. The number of hydrogen-bond donors (Lipinski definition) is 0. The molecule has 9 nitrogen and oxygen atoms in total. The maximum absolute atomic E-state index is 11.9. The fraction of sp³-hybridized carbons (Fsp3) is 0.286. The van der Waals surface area contributed by atoms with Gasteiger partial charge in [0.15, 0.2) is 0 Å². The third kappa shape index (κ3) is 6.87. The largest absolute Gasteiger partial charge is 0.512 e. The molecule has 0 bridgehead atoms. The van der Waals surface area contributed by atoms with Gasteiger partial charge >= 0.3 is 18.1 Å². The third-order valence-corrected chi connectivity index (χ3v) is 3.92. The Labute approximate surface area is 173 Å². The van der Waals surface area contributed by atoms with E-state index >= 15 is 0 Å². The highest BCUT2D eigenvalue weighted by atomic mass is 17.2. The summed E-state index contributed by atoms with van der Waals surface area (Å²) in [5, 5.41) is 0. The lowest BCUT2D eigenvalue weighted by molar-refractivity contribution is -0.297. The first kappa shape index (κ1) is 22.9. The fourth-order valence-corrected chi connectivity index (χ4v) is 2.52. The summed E-state index contributed by atoms with van der Waals surface area (Å²) in [4.78, 5) is 53.3. The second-order valence-corrected chi connectivity index (χ2v) is 6.39. The van der Waals surface area contributed by atoms with Crippen molar-refractivity contribution in [1.82, 2.24) is 0 Å². The van der Waals surface area contributed by atoms with E-state index in [1.54, 1.807) is 38.1 Å². The van der Waals surface area contributed by atoms with Crippen molar-refractivity contribution < 1.29 is 43.4 Å².